The van der Waals surface area contributed by atoms with E-state index in [1.54, 1.807) is 4.90 Å². The highest BCUT2D eigenvalue weighted by Crippen LogP contribution is 2.42. The van der Waals surface area contributed by atoms with Gasteiger partial charge in [0, 0.05) is 6.42 Å². The van der Waals surface area contributed by atoms with Crippen LogP contribution in [0, 0.1) is 10.2 Å². The van der Waals surface area contributed by atoms with Crippen LogP contribution in [0.2, 0.25) is 0 Å². The largest absolute Gasteiger partial charge is 0.332 e. The monoisotopic (exact) mass is 379 g/mol. The van der Waals surface area contributed by atoms with Crippen LogP contribution < -0.4 is 23.5 Å². The molecule has 1 N–H and O–H groups in total. The summed E-state index contributed by atoms with van der Waals surface area (Å²) in [5, 5.41) is 0. The molecule has 3 atom stereocenters. The first-order chi connectivity index (χ1) is 12.2. The van der Waals surface area contributed by atoms with E-state index in [0.717, 1.165) is 0 Å². The summed E-state index contributed by atoms with van der Waals surface area (Å²) in [7, 11) is -2.58. The van der Waals surface area contributed by atoms with Gasteiger partial charge >= 0.3 is 0 Å². The highest BCUT2D eigenvalue weighted by atomic mass is 35.7. The van der Waals surface area contributed by atoms with Crippen molar-refractivity contribution in [3.63, 3.8) is 0 Å². The van der Waals surface area contributed by atoms with Gasteiger partial charge in [0.15, 0.2) is 0 Å². The standard InChI is InChI=1S/C20H25N.ClHO4/c1-4-19-20(15-16(2)21(19)3,17-11-7-5-8-12-17)18-13-9-6-10-14-18;2-1(3,4)5/h5-14,16,19H,4,15H2,1-3H3;(H,2,3,4,5)/t16?,19-;/m1./s1. The lowest BCUT2D eigenvalue weighted by atomic mass is 9.68. The molecule has 5 nitrogen and oxygen atoms in total. The summed E-state index contributed by atoms with van der Waals surface area (Å²) in [5.41, 5.74) is 3.11. The van der Waals surface area contributed by atoms with Crippen molar-refractivity contribution in [2.24, 2.45) is 0 Å². The maximum absolute atomic E-state index is 8.49. The minimum absolute atomic E-state index is 0.154. The summed E-state index contributed by atoms with van der Waals surface area (Å²) in [6, 6.07) is 23.6. The molecule has 0 spiro atoms. The number of halogens is 1. The Morgan fingerprint density at radius 2 is 1.31 bits per heavy atom. The fraction of sp³-hybridized carbons (Fsp3) is 0.400. The summed E-state index contributed by atoms with van der Waals surface area (Å²) in [5.74, 6) is 0. The van der Waals surface area contributed by atoms with Crippen LogP contribution in [0.1, 0.15) is 37.8 Å². The van der Waals surface area contributed by atoms with Gasteiger partial charge in [-0.25, -0.2) is 18.6 Å². The lowest BCUT2D eigenvalue weighted by Crippen LogP contribution is -3.14. The third kappa shape index (κ3) is 4.62. The van der Waals surface area contributed by atoms with Gasteiger partial charge in [-0.3, -0.25) is 0 Å². The quantitative estimate of drug-likeness (QED) is 0.687. The minimum atomic E-state index is -4.94. The van der Waals surface area contributed by atoms with E-state index in [4.69, 9.17) is 18.6 Å². The van der Waals surface area contributed by atoms with Gasteiger partial charge in [-0.15, -0.1) is 10.2 Å². The first kappa shape index (κ1) is 20.8. The molecular weight excluding hydrogens is 354 g/mol. The van der Waals surface area contributed by atoms with Gasteiger partial charge in [-0.1, -0.05) is 67.6 Å². The first-order valence-electron chi connectivity index (χ1n) is 8.76. The van der Waals surface area contributed by atoms with Crippen molar-refractivity contribution >= 4 is 0 Å². The Balaban J connectivity index is 0.000000431. The second-order valence-corrected chi connectivity index (χ2v) is 7.65. The summed E-state index contributed by atoms with van der Waals surface area (Å²) < 4.78 is 34.0. The fourth-order valence-corrected chi connectivity index (χ4v) is 4.46. The number of nitrogens with one attached hydrogen (secondary N) is 1. The Bertz CT molecular complexity index is 630. The molecule has 0 aromatic heterocycles. The SMILES string of the molecule is CC[C@H]1[NH+](C)C(C)CC1(c1ccccc1)c1ccccc1.[O-][Cl+3]([O-])([O-])[O-]. The maximum atomic E-state index is 8.49. The van der Waals surface area contributed by atoms with Crippen LogP contribution >= 0.6 is 0 Å². The molecule has 1 aliphatic rings. The molecule has 0 radical (unpaired) electrons. The summed E-state index contributed by atoms with van der Waals surface area (Å²) in [6.45, 7) is 4.73. The molecule has 2 aromatic carbocycles. The third-order valence-electron chi connectivity index (χ3n) is 5.54. The summed E-state index contributed by atoms with van der Waals surface area (Å²) in [6.07, 6.45) is 2.44. The molecule has 0 aliphatic carbocycles. The molecular formula is C20H26ClNO4. The molecule has 6 heteroatoms. The van der Waals surface area contributed by atoms with Gasteiger partial charge in [-0.05, 0) is 24.5 Å². The van der Waals surface area contributed by atoms with Crippen LogP contribution in [0.25, 0.3) is 0 Å². The molecule has 2 aromatic rings. The molecule has 0 amide bonds. The van der Waals surface area contributed by atoms with Gasteiger partial charge in [0.25, 0.3) is 0 Å². The van der Waals surface area contributed by atoms with E-state index in [2.05, 4.69) is 81.6 Å². The average Bonchev–Trinajstić information content (AvgIpc) is 2.87. The van der Waals surface area contributed by atoms with Crippen LogP contribution in [0.3, 0.4) is 0 Å². The predicted octanol–water partition coefficient (Wildman–Crippen LogP) is -1.70. The lowest BCUT2D eigenvalue weighted by Gasteiger charge is -2.35. The topological polar surface area (TPSA) is 96.7 Å². The maximum Gasteiger partial charge on any atom is 0.101 e. The van der Waals surface area contributed by atoms with Gasteiger partial charge < -0.3 is 4.90 Å². The van der Waals surface area contributed by atoms with E-state index in [1.807, 2.05) is 0 Å². The molecule has 26 heavy (non-hydrogen) atoms. The van der Waals surface area contributed by atoms with E-state index in [9.17, 15) is 0 Å². The summed E-state index contributed by atoms with van der Waals surface area (Å²) >= 11 is 0. The van der Waals surface area contributed by atoms with Crippen molar-refractivity contribution in [2.75, 3.05) is 7.05 Å². The highest BCUT2D eigenvalue weighted by molar-refractivity contribution is 5.42. The van der Waals surface area contributed by atoms with E-state index in [1.165, 1.54) is 24.0 Å². The number of likely N-dealkylation sites (tertiary alicyclic amines) is 1. The Morgan fingerprint density at radius 1 is 0.923 bits per heavy atom. The van der Waals surface area contributed by atoms with Crippen LogP contribution in [-0.2, 0) is 5.41 Å². The molecule has 1 aliphatic heterocycles. The molecule has 0 bridgehead atoms. The van der Waals surface area contributed by atoms with Crippen LogP contribution in [0.5, 0.6) is 0 Å². The zero-order valence-corrected chi connectivity index (χ0v) is 16.1. The van der Waals surface area contributed by atoms with Crippen molar-refractivity contribution in [2.45, 2.75) is 44.2 Å². The summed E-state index contributed by atoms with van der Waals surface area (Å²) in [4.78, 5) is 1.67. The second kappa shape index (κ2) is 8.48. The molecule has 0 saturated carbocycles. The van der Waals surface area contributed by atoms with E-state index in [0.29, 0.717) is 12.1 Å². The average molecular weight is 380 g/mol. The van der Waals surface area contributed by atoms with Crippen LogP contribution in [-0.4, -0.2) is 19.1 Å². The lowest BCUT2D eigenvalue weighted by molar-refractivity contribution is -2.00. The van der Waals surface area contributed by atoms with Gasteiger partial charge in [-0.2, -0.15) is 0 Å². The second-order valence-electron chi connectivity index (χ2n) is 6.89. The van der Waals surface area contributed by atoms with Crippen molar-refractivity contribution in [1.82, 2.24) is 0 Å². The zero-order chi connectivity index (χ0) is 19.4. The Kier molecular flexibility index (Phi) is 6.80. The van der Waals surface area contributed by atoms with Gasteiger partial charge in [0.2, 0.25) is 0 Å². The smallest absolute Gasteiger partial charge is 0.101 e. The minimum Gasteiger partial charge on any atom is -0.332 e. The number of rotatable bonds is 3. The van der Waals surface area contributed by atoms with E-state index >= 15 is 0 Å². The third-order valence-corrected chi connectivity index (χ3v) is 5.54. The molecule has 2 unspecified atom stereocenters. The Hall–Kier alpha value is -1.47. The van der Waals surface area contributed by atoms with Crippen LogP contribution in [0.4, 0.5) is 0 Å². The number of benzene rings is 2. The van der Waals surface area contributed by atoms with Crippen molar-refractivity contribution in [1.29, 1.82) is 0 Å². The molecule has 1 heterocycles. The Morgan fingerprint density at radius 3 is 1.65 bits per heavy atom. The molecule has 1 fully saturated rings. The van der Waals surface area contributed by atoms with Gasteiger partial charge in [0.1, 0.15) is 6.04 Å². The van der Waals surface area contributed by atoms with Gasteiger partial charge in [0.05, 0.1) is 18.5 Å². The number of hydrogen-bond acceptors (Lipinski definition) is 4. The normalized spacial score (nSPS) is 24.7. The van der Waals surface area contributed by atoms with Crippen molar-refractivity contribution < 1.29 is 33.8 Å². The number of quaternary nitrogens is 1. The number of hydrogen-bond donors (Lipinski definition) is 1. The highest BCUT2D eigenvalue weighted by Gasteiger charge is 2.53. The predicted molar refractivity (Wildman–Crippen MR) is 88.7 cm³/mol. The first-order valence-corrected chi connectivity index (χ1v) is 9.99. The van der Waals surface area contributed by atoms with E-state index in [-0.39, 0.29) is 5.41 Å². The molecule has 1 saturated heterocycles. The molecule has 3 rings (SSSR count). The molecule has 142 valence electrons. The number of likely N-dealkylation sites (N-methyl/N-ethyl adjacent to an activating group) is 1. The van der Waals surface area contributed by atoms with E-state index < -0.39 is 10.2 Å². The Labute approximate surface area is 157 Å². The fourth-order valence-electron chi connectivity index (χ4n) is 4.46. The van der Waals surface area contributed by atoms with Crippen molar-refractivity contribution in [3.05, 3.63) is 71.8 Å². The van der Waals surface area contributed by atoms with Crippen molar-refractivity contribution in [3.8, 4) is 0 Å². The van der Waals surface area contributed by atoms with Crippen LogP contribution in [0.15, 0.2) is 60.7 Å². The zero-order valence-electron chi connectivity index (χ0n) is 15.4.